The molecule has 20 heavy (non-hydrogen) atoms. The number of hydrogen-bond donors (Lipinski definition) is 0. The van der Waals surface area contributed by atoms with Gasteiger partial charge in [0.15, 0.2) is 0 Å². The van der Waals surface area contributed by atoms with Gasteiger partial charge in [0.2, 0.25) is 5.91 Å². The molecule has 1 heterocycles. The van der Waals surface area contributed by atoms with E-state index in [-0.39, 0.29) is 18.4 Å². The number of carbonyl (C=O) groups excluding carboxylic acids is 1. The number of alkyl halides is 2. The minimum absolute atomic E-state index is 0.203. The first kappa shape index (κ1) is 17.3. The summed E-state index contributed by atoms with van der Waals surface area (Å²) in [6.45, 7) is 8.80. The van der Waals surface area contributed by atoms with Crippen LogP contribution in [0.2, 0.25) is 0 Å². The van der Waals surface area contributed by atoms with Crippen molar-refractivity contribution in [3.63, 3.8) is 0 Å². The van der Waals surface area contributed by atoms with Gasteiger partial charge >= 0.3 is 0 Å². The number of carbonyl (C=O) groups is 1. The second-order valence-corrected chi connectivity index (χ2v) is 6.63. The maximum atomic E-state index is 14.3. The molecule has 3 nitrogen and oxygen atoms in total. The van der Waals surface area contributed by atoms with Crippen molar-refractivity contribution < 1.29 is 13.6 Å². The molecule has 0 aromatic rings. The molecule has 5 heteroatoms. The summed E-state index contributed by atoms with van der Waals surface area (Å²) in [5.74, 6) is -2.75. The van der Waals surface area contributed by atoms with Crippen molar-refractivity contribution in [1.82, 2.24) is 9.80 Å². The summed E-state index contributed by atoms with van der Waals surface area (Å²) in [6.07, 6.45) is 1.28. The van der Waals surface area contributed by atoms with Gasteiger partial charge < -0.3 is 4.90 Å². The standard InChI is InChI=1S/C15H28F2N2O/c1-11(2)6-8-19-9-7-13(15(16,17)10-19)18(5)14(20)12(3)4/h11-13H,6-10H2,1-5H3/t13-/m1/s1. The average Bonchev–Trinajstić information content (AvgIpc) is 2.33. The van der Waals surface area contributed by atoms with Crippen LogP contribution < -0.4 is 0 Å². The molecule has 0 bridgehead atoms. The van der Waals surface area contributed by atoms with E-state index in [1.54, 1.807) is 13.8 Å². The van der Waals surface area contributed by atoms with Crippen molar-refractivity contribution in [2.75, 3.05) is 26.7 Å². The van der Waals surface area contributed by atoms with Crippen molar-refractivity contribution in [3.05, 3.63) is 0 Å². The highest BCUT2D eigenvalue weighted by molar-refractivity contribution is 5.78. The van der Waals surface area contributed by atoms with E-state index in [0.717, 1.165) is 6.42 Å². The molecule has 0 aromatic heterocycles. The zero-order valence-electron chi connectivity index (χ0n) is 13.3. The molecule has 0 saturated carbocycles. The molecule has 1 amide bonds. The first-order chi connectivity index (χ1) is 9.15. The van der Waals surface area contributed by atoms with Gasteiger partial charge in [-0.1, -0.05) is 27.7 Å². The normalized spacial score (nSPS) is 23.4. The second kappa shape index (κ2) is 6.83. The van der Waals surface area contributed by atoms with Crippen LogP contribution in [-0.2, 0) is 4.79 Å². The van der Waals surface area contributed by atoms with Crippen molar-refractivity contribution in [2.45, 2.75) is 52.5 Å². The van der Waals surface area contributed by atoms with Crippen molar-refractivity contribution in [2.24, 2.45) is 11.8 Å². The van der Waals surface area contributed by atoms with Crippen LogP contribution in [-0.4, -0.2) is 54.4 Å². The Morgan fingerprint density at radius 2 is 1.95 bits per heavy atom. The van der Waals surface area contributed by atoms with Gasteiger partial charge in [0.05, 0.1) is 12.6 Å². The number of likely N-dealkylation sites (tertiary alicyclic amines) is 1. The third-order valence-electron chi connectivity index (χ3n) is 3.97. The lowest BCUT2D eigenvalue weighted by Crippen LogP contribution is -2.59. The summed E-state index contributed by atoms with van der Waals surface area (Å²) in [5.41, 5.74) is 0. The maximum absolute atomic E-state index is 14.3. The number of nitrogens with zero attached hydrogens (tertiary/aromatic N) is 2. The van der Waals surface area contributed by atoms with Crippen molar-refractivity contribution in [3.8, 4) is 0 Å². The van der Waals surface area contributed by atoms with E-state index in [9.17, 15) is 13.6 Å². The fourth-order valence-corrected chi connectivity index (χ4v) is 2.67. The highest BCUT2D eigenvalue weighted by atomic mass is 19.3. The Kier molecular flexibility index (Phi) is 5.92. The van der Waals surface area contributed by atoms with Gasteiger partial charge in [0, 0.05) is 19.5 Å². The smallest absolute Gasteiger partial charge is 0.280 e. The molecular formula is C15H28F2N2O. The van der Waals surface area contributed by atoms with Gasteiger partial charge in [-0.25, -0.2) is 8.78 Å². The lowest BCUT2D eigenvalue weighted by Gasteiger charge is -2.42. The van der Waals surface area contributed by atoms with E-state index in [2.05, 4.69) is 13.8 Å². The van der Waals surface area contributed by atoms with E-state index >= 15 is 0 Å². The topological polar surface area (TPSA) is 23.6 Å². The lowest BCUT2D eigenvalue weighted by molar-refractivity contribution is -0.156. The van der Waals surface area contributed by atoms with Crippen LogP contribution in [0.4, 0.5) is 8.78 Å². The zero-order chi connectivity index (χ0) is 15.5. The monoisotopic (exact) mass is 290 g/mol. The largest absolute Gasteiger partial charge is 0.336 e. The van der Waals surface area contributed by atoms with Gasteiger partial charge in [-0.3, -0.25) is 9.69 Å². The average molecular weight is 290 g/mol. The van der Waals surface area contributed by atoms with E-state index in [1.165, 1.54) is 11.9 Å². The molecule has 0 spiro atoms. The maximum Gasteiger partial charge on any atom is 0.280 e. The number of piperidine rings is 1. The van der Waals surface area contributed by atoms with E-state index in [1.807, 2.05) is 4.90 Å². The number of hydrogen-bond acceptors (Lipinski definition) is 2. The molecule has 0 unspecified atom stereocenters. The Morgan fingerprint density at radius 1 is 1.35 bits per heavy atom. The molecule has 0 aliphatic carbocycles. The molecular weight excluding hydrogens is 262 g/mol. The predicted molar refractivity (Wildman–Crippen MR) is 76.9 cm³/mol. The van der Waals surface area contributed by atoms with Crippen LogP contribution >= 0.6 is 0 Å². The molecule has 1 aliphatic heterocycles. The predicted octanol–water partition coefficient (Wildman–Crippen LogP) is 2.86. The van der Waals surface area contributed by atoms with E-state index < -0.39 is 12.0 Å². The highest BCUT2D eigenvalue weighted by Crippen LogP contribution is 2.31. The molecule has 0 N–H and O–H groups in total. The third kappa shape index (κ3) is 4.40. The van der Waals surface area contributed by atoms with Crippen LogP contribution in [0.1, 0.15) is 40.5 Å². The van der Waals surface area contributed by atoms with Gasteiger partial charge in [-0.15, -0.1) is 0 Å². The molecule has 1 atom stereocenters. The van der Waals surface area contributed by atoms with E-state index in [4.69, 9.17) is 0 Å². The van der Waals surface area contributed by atoms with Crippen molar-refractivity contribution >= 4 is 5.91 Å². The summed E-state index contributed by atoms with van der Waals surface area (Å²) in [7, 11) is 1.50. The highest BCUT2D eigenvalue weighted by Gasteiger charge is 2.47. The summed E-state index contributed by atoms with van der Waals surface area (Å²) >= 11 is 0. The van der Waals surface area contributed by atoms with Gasteiger partial charge in [-0.2, -0.15) is 0 Å². The van der Waals surface area contributed by atoms with Crippen LogP contribution in [0.15, 0.2) is 0 Å². The van der Waals surface area contributed by atoms with Gasteiger partial charge in [-0.05, 0) is 25.3 Å². The molecule has 1 saturated heterocycles. The Labute approximate surface area is 121 Å². The molecule has 118 valence electrons. The number of amides is 1. The molecule has 1 rings (SSSR count). The molecule has 1 aliphatic rings. The van der Waals surface area contributed by atoms with Gasteiger partial charge in [0.25, 0.3) is 5.92 Å². The summed E-state index contributed by atoms with van der Waals surface area (Å²) < 4.78 is 28.6. The van der Waals surface area contributed by atoms with Crippen LogP contribution in [0, 0.1) is 11.8 Å². The van der Waals surface area contributed by atoms with Crippen LogP contribution in [0.3, 0.4) is 0 Å². The first-order valence-electron chi connectivity index (χ1n) is 7.52. The minimum atomic E-state index is -2.82. The molecule has 1 fully saturated rings. The minimum Gasteiger partial charge on any atom is -0.336 e. The zero-order valence-corrected chi connectivity index (χ0v) is 13.3. The van der Waals surface area contributed by atoms with Crippen LogP contribution in [0.5, 0.6) is 0 Å². The lowest BCUT2D eigenvalue weighted by atomic mass is 9.97. The quantitative estimate of drug-likeness (QED) is 0.777. The number of halogens is 2. The Balaban J connectivity index is 2.63. The molecule has 0 radical (unpaired) electrons. The Bertz CT molecular complexity index is 332. The summed E-state index contributed by atoms with van der Waals surface area (Å²) in [6, 6.07) is -0.965. The molecule has 0 aromatic carbocycles. The third-order valence-corrected chi connectivity index (χ3v) is 3.97. The van der Waals surface area contributed by atoms with Gasteiger partial charge in [0.1, 0.15) is 0 Å². The Morgan fingerprint density at radius 3 is 2.40 bits per heavy atom. The van der Waals surface area contributed by atoms with E-state index in [0.29, 0.717) is 25.4 Å². The fraction of sp³-hybridized carbons (Fsp3) is 0.933. The fourth-order valence-electron chi connectivity index (χ4n) is 2.67. The summed E-state index contributed by atoms with van der Waals surface area (Å²) in [4.78, 5) is 15.0. The summed E-state index contributed by atoms with van der Waals surface area (Å²) in [5, 5.41) is 0. The van der Waals surface area contributed by atoms with Crippen molar-refractivity contribution in [1.29, 1.82) is 0 Å². The first-order valence-corrected chi connectivity index (χ1v) is 7.52. The Hall–Kier alpha value is -0.710. The SMILES string of the molecule is CC(C)CCN1CC[C@@H](N(C)C(=O)C(C)C)C(F)(F)C1. The second-order valence-electron chi connectivity index (χ2n) is 6.63. The number of rotatable bonds is 5. The van der Waals surface area contributed by atoms with Crippen LogP contribution in [0.25, 0.3) is 0 Å².